The summed E-state index contributed by atoms with van der Waals surface area (Å²) in [6, 6.07) is 10.5. The van der Waals surface area contributed by atoms with Gasteiger partial charge in [-0.3, -0.25) is 0 Å². The lowest BCUT2D eigenvalue weighted by molar-refractivity contribution is 0.543. The van der Waals surface area contributed by atoms with E-state index in [0.29, 0.717) is 0 Å². The van der Waals surface area contributed by atoms with Gasteiger partial charge in [-0.05, 0) is 73.1 Å². The highest BCUT2D eigenvalue weighted by molar-refractivity contribution is 5.98. The number of nitrogens with one attached hydrogen (secondary N) is 2. The summed E-state index contributed by atoms with van der Waals surface area (Å²) >= 11 is 0. The molecule has 0 saturated heterocycles. The lowest BCUT2D eigenvalue weighted by Crippen LogP contribution is -2.05. The molecule has 150 valence electrons. The van der Waals surface area contributed by atoms with Gasteiger partial charge in [-0.1, -0.05) is 51.0 Å². The first-order valence-corrected chi connectivity index (χ1v) is 11.2. The molecule has 1 saturated carbocycles. The Bertz CT molecular complexity index is 1030. The number of aromatic amines is 1. The van der Waals surface area contributed by atoms with Crippen molar-refractivity contribution in [1.29, 1.82) is 0 Å². The Kier molecular flexibility index (Phi) is 5.95. The highest BCUT2D eigenvalue weighted by atomic mass is 14.9. The third kappa shape index (κ3) is 4.20. The van der Waals surface area contributed by atoms with Crippen LogP contribution < -0.4 is 5.32 Å². The maximum Gasteiger partial charge on any atom is 0.0644 e. The van der Waals surface area contributed by atoms with Crippen molar-refractivity contribution in [1.82, 2.24) is 4.98 Å². The Labute approximate surface area is 175 Å². The molecule has 2 heteroatoms. The zero-order valence-electron chi connectivity index (χ0n) is 17.8. The maximum absolute atomic E-state index is 5.57. The first kappa shape index (κ1) is 19.6. The van der Waals surface area contributed by atoms with Crippen LogP contribution in [-0.2, 0) is 12.8 Å². The number of aryl methyl sites for hydroxylation is 1. The van der Waals surface area contributed by atoms with Gasteiger partial charge < -0.3 is 10.3 Å². The van der Waals surface area contributed by atoms with Gasteiger partial charge in [0.1, 0.15) is 0 Å². The van der Waals surface area contributed by atoms with E-state index in [-0.39, 0.29) is 0 Å². The Morgan fingerprint density at radius 2 is 2.03 bits per heavy atom. The van der Waals surface area contributed by atoms with Crippen molar-refractivity contribution in [3.05, 3.63) is 58.8 Å². The van der Waals surface area contributed by atoms with Crippen molar-refractivity contribution in [2.45, 2.75) is 65.2 Å². The molecule has 2 aromatic carbocycles. The molecule has 1 aromatic heterocycles. The zero-order chi connectivity index (χ0) is 20.2. The van der Waals surface area contributed by atoms with Crippen LogP contribution in [0.1, 0.15) is 67.7 Å². The molecule has 0 amide bonds. The number of hydrogen-bond acceptors (Lipinski definition) is 1. The summed E-state index contributed by atoms with van der Waals surface area (Å²) in [4.78, 5) is 3.52. The lowest BCUT2D eigenvalue weighted by Gasteiger charge is -2.18. The van der Waals surface area contributed by atoms with Crippen LogP contribution in [0.3, 0.4) is 0 Å². The molecular formula is C27H32N2. The quantitative estimate of drug-likeness (QED) is 0.412. The number of aromatic nitrogens is 1. The molecule has 0 atom stereocenters. The van der Waals surface area contributed by atoms with Crippen LogP contribution in [0.2, 0.25) is 0 Å². The summed E-state index contributed by atoms with van der Waals surface area (Å²) < 4.78 is 0. The minimum Gasteiger partial charge on any atom is -0.359 e. The largest absolute Gasteiger partial charge is 0.359 e. The van der Waals surface area contributed by atoms with E-state index in [9.17, 15) is 0 Å². The fraction of sp³-hybridized carbons (Fsp3) is 0.407. The number of rotatable bonds is 7. The Hall–Kier alpha value is -2.66. The second-order valence-electron chi connectivity index (χ2n) is 8.57. The number of hydrogen-bond donors (Lipinski definition) is 2. The van der Waals surface area contributed by atoms with Gasteiger partial charge in [-0.15, -0.1) is 6.42 Å². The molecule has 0 bridgehead atoms. The van der Waals surface area contributed by atoms with Crippen LogP contribution in [0.5, 0.6) is 0 Å². The second kappa shape index (κ2) is 8.78. The standard InChI is InChI=1S/C27H32N2/c1-4-6-14-24-19(3)27-25(17-22(24)15-21-10-7-8-11-21)28-18-26(27)29-23-13-9-12-20(5-2)16-23/h2,9,12-13,16-18,21,28-29H,4,6-8,10-11,14-15H2,1,3H3. The molecule has 2 nitrogen and oxygen atoms in total. The topological polar surface area (TPSA) is 27.8 Å². The van der Waals surface area contributed by atoms with Crippen molar-refractivity contribution in [3.63, 3.8) is 0 Å². The third-order valence-corrected chi connectivity index (χ3v) is 6.52. The summed E-state index contributed by atoms with van der Waals surface area (Å²) in [6.45, 7) is 4.59. The van der Waals surface area contributed by atoms with Crippen LogP contribution in [0, 0.1) is 25.2 Å². The Morgan fingerprint density at radius 3 is 2.79 bits per heavy atom. The highest BCUT2D eigenvalue weighted by Crippen LogP contribution is 2.36. The van der Waals surface area contributed by atoms with Gasteiger partial charge in [0.05, 0.1) is 5.69 Å². The first-order chi connectivity index (χ1) is 14.2. The predicted octanol–water partition coefficient (Wildman–Crippen LogP) is 7.28. The molecule has 1 fully saturated rings. The fourth-order valence-corrected chi connectivity index (χ4v) is 4.96. The predicted molar refractivity (Wildman–Crippen MR) is 125 cm³/mol. The number of terminal acetylenes is 1. The maximum atomic E-state index is 5.57. The SMILES string of the molecule is C#Cc1cccc(Nc2c[nH]c3cc(CC4CCCC4)c(CCCC)c(C)c23)c1. The van der Waals surface area contributed by atoms with Gasteiger partial charge in [-0.2, -0.15) is 0 Å². The van der Waals surface area contributed by atoms with E-state index in [1.54, 1.807) is 11.1 Å². The molecule has 0 unspecified atom stereocenters. The van der Waals surface area contributed by atoms with Gasteiger partial charge >= 0.3 is 0 Å². The van der Waals surface area contributed by atoms with Crippen molar-refractivity contribution < 1.29 is 0 Å². The molecule has 0 aliphatic heterocycles. The minimum absolute atomic E-state index is 0.867. The Morgan fingerprint density at radius 1 is 1.21 bits per heavy atom. The molecule has 0 radical (unpaired) electrons. The molecule has 1 aliphatic rings. The zero-order valence-corrected chi connectivity index (χ0v) is 17.8. The van der Waals surface area contributed by atoms with E-state index in [0.717, 1.165) is 22.9 Å². The number of unbranched alkanes of at least 4 members (excludes halogenated alkanes) is 1. The van der Waals surface area contributed by atoms with Crippen LogP contribution >= 0.6 is 0 Å². The summed E-state index contributed by atoms with van der Waals surface area (Å²) in [6.07, 6.45) is 18.2. The van der Waals surface area contributed by atoms with Crippen molar-refractivity contribution >= 4 is 22.3 Å². The van der Waals surface area contributed by atoms with Gasteiger partial charge in [0.15, 0.2) is 0 Å². The molecule has 2 N–H and O–H groups in total. The van der Waals surface area contributed by atoms with Crippen LogP contribution in [-0.4, -0.2) is 4.98 Å². The molecule has 4 rings (SSSR count). The van der Waals surface area contributed by atoms with Crippen molar-refractivity contribution in [3.8, 4) is 12.3 Å². The number of benzene rings is 2. The normalized spacial score (nSPS) is 14.4. The second-order valence-corrected chi connectivity index (χ2v) is 8.57. The van der Waals surface area contributed by atoms with Crippen molar-refractivity contribution in [2.24, 2.45) is 5.92 Å². The van der Waals surface area contributed by atoms with E-state index < -0.39 is 0 Å². The summed E-state index contributed by atoms with van der Waals surface area (Å²) in [5.74, 6) is 3.59. The van der Waals surface area contributed by atoms with Gasteiger partial charge in [0.25, 0.3) is 0 Å². The van der Waals surface area contributed by atoms with Gasteiger partial charge in [-0.25, -0.2) is 0 Å². The number of anilines is 2. The average molecular weight is 385 g/mol. The first-order valence-electron chi connectivity index (χ1n) is 11.2. The third-order valence-electron chi connectivity index (χ3n) is 6.52. The van der Waals surface area contributed by atoms with Crippen LogP contribution in [0.15, 0.2) is 36.5 Å². The summed E-state index contributed by atoms with van der Waals surface area (Å²) in [5.41, 5.74) is 8.88. The highest BCUT2D eigenvalue weighted by Gasteiger charge is 2.20. The number of H-pyrrole nitrogens is 1. The fourth-order valence-electron chi connectivity index (χ4n) is 4.96. The molecule has 3 aromatic rings. The molecule has 0 spiro atoms. The molecule has 1 heterocycles. The van der Waals surface area contributed by atoms with E-state index in [4.69, 9.17) is 6.42 Å². The van der Waals surface area contributed by atoms with Crippen LogP contribution in [0.4, 0.5) is 11.4 Å². The van der Waals surface area contributed by atoms with E-state index in [1.807, 2.05) is 18.2 Å². The minimum atomic E-state index is 0.867. The molecule has 1 aliphatic carbocycles. The van der Waals surface area contributed by atoms with E-state index in [2.05, 4.69) is 48.4 Å². The van der Waals surface area contributed by atoms with E-state index >= 15 is 0 Å². The van der Waals surface area contributed by atoms with Crippen molar-refractivity contribution in [2.75, 3.05) is 5.32 Å². The number of fused-ring (bicyclic) bond motifs is 1. The smallest absolute Gasteiger partial charge is 0.0644 e. The van der Waals surface area contributed by atoms with Crippen LogP contribution in [0.25, 0.3) is 10.9 Å². The molecular weight excluding hydrogens is 352 g/mol. The average Bonchev–Trinajstić information content (AvgIpc) is 3.38. The summed E-state index contributed by atoms with van der Waals surface area (Å²) in [7, 11) is 0. The lowest BCUT2D eigenvalue weighted by atomic mass is 9.88. The molecule has 29 heavy (non-hydrogen) atoms. The monoisotopic (exact) mass is 384 g/mol. The van der Waals surface area contributed by atoms with E-state index in [1.165, 1.54) is 67.8 Å². The van der Waals surface area contributed by atoms with Gasteiger partial charge in [0, 0.05) is 28.4 Å². The van der Waals surface area contributed by atoms with Gasteiger partial charge in [0.2, 0.25) is 0 Å². The summed E-state index contributed by atoms with van der Waals surface area (Å²) in [5, 5.41) is 4.91. The Balaban J connectivity index is 1.72.